The molecule has 0 aromatic carbocycles. The average molecular weight is 271 g/mol. The molecule has 0 aromatic heterocycles. The summed E-state index contributed by atoms with van der Waals surface area (Å²) in [6.45, 7) is 10.5. The maximum atomic E-state index is 11.9. The van der Waals surface area contributed by atoms with E-state index in [4.69, 9.17) is 23.2 Å². The van der Waals surface area contributed by atoms with Crippen LogP contribution in [0.1, 0.15) is 13.8 Å². The first kappa shape index (κ1) is 15.0. The highest BCUT2D eigenvalue weighted by Gasteiger charge is 2.26. The first-order valence-electron chi connectivity index (χ1n) is 4.53. The molecule has 0 spiro atoms. The molecule has 0 fully saturated rings. The highest BCUT2D eigenvalue weighted by atomic mass is 35.5. The summed E-state index contributed by atoms with van der Waals surface area (Å²) in [5.74, 6) is -0.117. The third kappa shape index (κ3) is 3.51. The van der Waals surface area contributed by atoms with Gasteiger partial charge in [-0.2, -0.15) is 0 Å². The molecular weight excluding hydrogens is 255 g/mol. The van der Waals surface area contributed by atoms with E-state index in [0.717, 1.165) is 0 Å². The molecule has 0 rings (SSSR count). The Bertz CT molecular complexity index is 318. The summed E-state index contributed by atoms with van der Waals surface area (Å²) in [5.41, 5.74) is 0. The Labute approximate surface area is 102 Å². The molecule has 0 saturated heterocycles. The number of sulfone groups is 1. The van der Waals surface area contributed by atoms with Gasteiger partial charge in [-0.05, 0) is 0 Å². The number of halogens is 2. The van der Waals surface area contributed by atoms with E-state index in [0.29, 0.717) is 0 Å². The molecule has 0 heterocycles. The van der Waals surface area contributed by atoms with Crippen LogP contribution >= 0.6 is 23.2 Å². The predicted molar refractivity (Wildman–Crippen MR) is 67.0 cm³/mol. The smallest absolute Gasteiger partial charge is 0.198 e. The second-order valence-corrected chi connectivity index (χ2v) is 6.22. The van der Waals surface area contributed by atoms with Crippen molar-refractivity contribution >= 4 is 33.0 Å². The monoisotopic (exact) mass is 270 g/mol. The van der Waals surface area contributed by atoms with E-state index in [-0.39, 0.29) is 33.4 Å². The molecule has 0 N–H and O–H groups in total. The topological polar surface area (TPSA) is 34.1 Å². The van der Waals surface area contributed by atoms with Crippen molar-refractivity contribution in [2.75, 3.05) is 11.8 Å². The fraction of sp³-hybridized carbons (Fsp3) is 0.600. The maximum absolute atomic E-state index is 11.9. The van der Waals surface area contributed by atoms with Crippen LogP contribution in [-0.2, 0) is 9.84 Å². The van der Waals surface area contributed by atoms with Gasteiger partial charge < -0.3 is 0 Å². The van der Waals surface area contributed by atoms with Crippen LogP contribution in [-0.4, -0.2) is 20.2 Å². The fourth-order valence-corrected chi connectivity index (χ4v) is 2.99. The lowest BCUT2D eigenvalue weighted by Crippen LogP contribution is -2.17. The lowest BCUT2D eigenvalue weighted by molar-refractivity contribution is 0.595. The summed E-state index contributed by atoms with van der Waals surface area (Å²) < 4.78 is 23.8. The zero-order chi connectivity index (χ0) is 12.2. The van der Waals surface area contributed by atoms with Crippen LogP contribution in [0.5, 0.6) is 0 Å². The molecular formula is C10H16Cl2O2S. The standard InChI is InChI=1S/C10H16Cl2O2S/c1-7(5-11)9(3)15(13,14)10(4)8(2)6-12/h7-8H,3-6H2,1-2H3. The van der Waals surface area contributed by atoms with Crippen LogP contribution in [0, 0.1) is 11.8 Å². The van der Waals surface area contributed by atoms with E-state index in [2.05, 4.69) is 13.2 Å². The van der Waals surface area contributed by atoms with E-state index in [9.17, 15) is 8.42 Å². The van der Waals surface area contributed by atoms with Gasteiger partial charge in [0.1, 0.15) is 0 Å². The normalized spacial score (nSPS) is 15.7. The molecule has 0 amide bonds. The van der Waals surface area contributed by atoms with Gasteiger partial charge in [-0.15, -0.1) is 23.2 Å². The molecule has 0 aromatic rings. The first-order chi connectivity index (χ1) is 6.78. The van der Waals surface area contributed by atoms with E-state index >= 15 is 0 Å². The predicted octanol–water partition coefficient (Wildman–Crippen LogP) is 3.18. The number of allylic oxidation sites excluding steroid dienone is 2. The molecule has 88 valence electrons. The third-order valence-electron chi connectivity index (χ3n) is 2.25. The average Bonchev–Trinajstić information content (AvgIpc) is 2.24. The largest absolute Gasteiger partial charge is 0.219 e. The van der Waals surface area contributed by atoms with Crippen molar-refractivity contribution < 1.29 is 8.42 Å². The second kappa shape index (κ2) is 5.92. The van der Waals surface area contributed by atoms with E-state index in [1.54, 1.807) is 13.8 Å². The van der Waals surface area contributed by atoms with Gasteiger partial charge in [0.2, 0.25) is 0 Å². The van der Waals surface area contributed by atoms with Crippen LogP contribution < -0.4 is 0 Å². The minimum absolute atomic E-state index is 0.111. The summed E-state index contributed by atoms with van der Waals surface area (Å²) >= 11 is 11.2. The maximum Gasteiger partial charge on any atom is 0.198 e. The van der Waals surface area contributed by atoms with E-state index in [1.807, 2.05) is 0 Å². The molecule has 0 aliphatic rings. The van der Waals surface area contributed by atoms with Crippen LogP contribution in [0.15, 0.2) is 23.0 Å². The molecule has 0 saturated carbocycles. The zero-order valence-electron chi connectivity index (χ0n) is 8.96. The Morgan fingerprint density at radius 1 is 1.07 bits per heavy atom. The number of hydrogen-bond acceptors (Lipinski definition) is 2. The second-order valence-electron chi connectivity index (χ2n) is 3.55. The zero-order valence-corrected chi connectivity index (χ0v) is 11.3. The van der Waals surface area contributed by atoms with Gasteiger partial charge in [-0.25, -0.2) is 8.42 Å². The highest BCUT2D eigenvalue weighted by Crippen LogP contribution is 2.27. The minimum Gasteiger partial charge on any atom is -0.219 e. The summed E-state index contributed by atoms with van der Waals surface area (Å²) in [6, 6.07) is 0. The summed E-state index contributed by atoms with van der Waals surface area (Å²) in [5, 5.41) is 0. The molecule has 2 nitrogen and oxygen atoms in total. The van der Waals surface area contributed by atoms with Crippen LogP contribution in [0.25, 0.3) is 0 Å². The van der Waals surface area contributed by atoms with Crippen LogP contribution in [0.2, 0.25) is 0 Å². The van der Waals surface area contributed by atoms with E-state index in [1.165, 1.54) is 0 Å². The number of alkyl halides is 2. The van der Waals surface area contributed by atoms with Crippen molar-refractivity contribution in [2.24, 2.45) is 11.8 Å². The number of rotatable bonds is 6. The SMILES string of the molecule is C=C(C(C)CCl)S(=O)(=O)C(=C)C(C)CCl. The molecule has 5 heteroatoms. The lowest BCUT2D eigenvalue weighted by atomic mass is 10.2. The molecule has 0 radical (unpaired) electrons. The Kier molecular flexibility index (Phi) is 5.93. The Morgan fingerprint density at radius 2 is 1.33 bits per heavy atom. The lowest BCUT2D eigenvalue weighted by Gasteiger charge is -2.17. The molecule has 2 atom stereocenters. The molecule has 2 unspecified atom stereocenters. The third-order valence-corrected chi connectivity index (χ3v) is 5.36. The van der Waals surface area contributed by atoms with E-state index < -0.39 is 9.84 Å². The Hall–Kier alpha value is 0.01000. The van der Waals surface area contributed by atoms with Gasteiger partial charge in [0.05, 0.1) is 0 Å². The van der Waals surface area contributed by atoms with Crippen molar-refractivity contribution in [3.05, 3.63) is 23.0 Å². The minimum atomic E-state index is -3.52. The summed E-state index contributed by atoms with van der Waals surface area (Å²) in [4.78, 5) is 0.221. The van der Waals surface area contributed by atoms with Crippen molar-refractivity contribution in [1.29, 1.82) is 0 Å². The summed E-state index contributed by atoms with van der Waals surface area (Å²) in [6.07, 6.45) is 0. The van der Waals surface area contributed by atoms with Gasteiger partial charge >= 0.3 is 0 Å². The highest BCUT2D eigenvalue weighted by molar-refractivity contribution is 7.98. The molecule has 0 aliphatic heterocycles. The van der Waals surface area contributed by atoms with Gasteiger partial charge in [0.25, 0.3) is 0 Å². The van der Waals surface area contributed by atoms with Gasteiger partial charge in [0, 0.05) is 33.4 Å². The van der Waals surface area contributed by atoms with Crippen molar-refractivity contribution in [3.8, 4) is 0 Å². The Morgan fingerprint density at radius 3 is 1.53 bits per heavy atom. The van der Waals surface area contributed by atoms with Crippen LogP contribution in [0.3, 0.4) is 0 Å². The summed E-state index contributed by atoms with van der Waals surface area (Å²) in [7, 11) is -3.52. The fourth-order valence-electron chi connectivity index (χ4n) is 0.870. The van der Waals surface area contributed by atoms with Crippen molar-refractivity contribution in [3.63, 3.8) is 0 Å². The van der Waals surface area contributed by atoms with Crippen molar-refractivity contribution in [1.82, 2.24) is 0 Å². The molecule has 0 aliphatic carbocycles. The van der Waals surface area contributed by atoms with Gasteiger partial charge in [-0.3, -0.25) is 0 Å². The van der Waals surface area contributed by atoms with Gasteiger partial charge in [-0.1, -0.05) is 27.0 Å². The first-order valence-corrected chi connectivity index (χ1v) is 7.08. The molecule has 0 bridgehead atoms. The number of hydrogen-bond donors (Lipinski definition) is 0. The Balaban J connectivity index is 5.00. The van der Waals surface area contributed by atoms with Gasteiger partial charge in [0.15, 0.2) is 9.84 Å². The van der Waals surface area contributed by atoms with Crippen molar-refractivity contribution in [2.45, 2.75) is 13.8 Å². The van der Waals surface area contributed by atoms with Crippen LogP contribution in [0.4, 0.5) is 0 Å². The quantitative estimate of drug-likeness (QED) is 0.695. The molecule has 15 heavy (non-hydrogen) atoms.